The molecule has 4 fully saturated rings. The molecule has 7 heteroatoms. The van der Waals surface area contributed by atoms with Crippen molar-refractivity contribution in [2.75, 3.05) is 77.0 Å². The van der Waals surface area contributed by atoms with E-state index in [9.17, 15) is 5.26 Å². The van der Waals surface area contributed by atoms with Gasteiger partial charge in [0.15, 0.2) is 0 Å². The third kappa shape index (κ3) is 5.73. The molecule has 5 aliphatic heterocycles. The number of ether oxygens (including phenoxy) is 1. The van der Waals surface area contributed by atoms with Gasteiger partial charge in [-0.15, -0.1) is 0 Å². The Morgan fingerprint density at radius 2 is 1.77 bits per heavy atom. The molecule has 0 saturated carbocycles. The van der Waals surface area contributed by atoms with Gasteiger partial charge in [0.2, 0.25) is 0 Å². The molecular formula is C33H46N6O. The third-order valence-electron chi connectivity index (χ3n) is 9.30. The number of anilines is 1. The van der Waals surface area contributed by atoms with Crippen molar-refractivity contribution in [1.82, 2.24) is 20.0 Å². The van der Waals surface area contributed by atoms with Crippen LogP contribution in [-0.2, 0) is 4.74 Å². The standard InChI is InChI=1S/C33H46N6O/c1-3-4-8-31-32(29-23-35-29)27-12-13-37(17-16-36-18-20-40-21-19-36)24-28(27)33(38-14-10-26(22-34)11-15-38)39(31)30-9-6-5-7-25(30)2/h5-9,26,29,35H,3-4,10-21,23-24H2,1-2H3/b31-8+. The Kier molecular flexibility index (Phi) is 8.59. The van der Waals surface area contributed by atoms with E-state index in [2.05, 4.69) is 75.2 Å². The third-order valence-corrected chi connectivity index (χ3v) is 9.30. The molecule has 0 aliphatic carbocycles. The first-order valence-corrected chi connectivity index (χ1v) is 15.6. The minimum Gasteiger partial charge on any atom is -0.379 e. The molecule has 1 N–H and O–H groups in total. The molecule has 1 aromatic rings. The smallest absolute Gasteiger partial charge is 0.118 e. The first-order chi connectivity index (χ1) is 19.7. The van der Waals surface area contributed by atoms with Crippen LogP contribution < -0.4 is 10.2 Å². The maximum Gasteiger partial charge on any atom is 0.118 e. The number of hydrogen-bond acceptors (Lipinski definition) is 7. The van der Waals surface area contributed by atoms with Gasteiger partial charge in [-0.1, -0.05) is 37.6 Å². The number of para-hydroxylation sites is 1. The van der Waals surface area contributed by atoms with Crippen LogP contribution in [0.3, 0.4) is 0 Å². The first kappa shape index (κ1) is 27.5. The van der Waals surface area contributed by atoms with Crippen molar-refractivity contribution in [3.05, 3.63) is 64.1 Å². The lowest BCUT2D eigenvalue weighted by Crippen LogP contribution is -2.48. The van der Waals surface area contributed by atoms with Crippen molar-refractivity contribution in [3.8, 4) is 6.07 Å². The molecule has 4 saturated heterocycles. The second kappa shape index (κ2) is 12.5. The normalized spacial score (nSPS) is 25.9. The lowest BCUT2D eigenvalue weighted by Gasteiger charge is -2.48. The molecular weight excluding hydrogens is 496 g/mol. The number of nitriles is 1. The summed E-state index contributed by atoms with van der Waals surface area (Å²) in [5.74, 6) is 1.55. The second-order valence-electron chi connectivity index (χ2n) is 12.0. The van der Waals surface area contributed by atoms with Crippen LogP contribution in [0.1, 0.15) is 44.6 Å². The van der Waals surface area contributed by atoms with Crippen LogP contribution in [-0.4, -0.2) is 92.9 Å². The van der Waals surface area contributed by atoms with E-state index in [-0.39, 0.29) is 5.92 Å². The first-order valence-electron chi connectivity index (χ1n) is 15.6. The molecule has 0 bridgehead atoms. The molecule has 1 aromatic carbocycles. The highest BCUT2D eigenvalue weighted by molar-refractivity contribution is 5.73. The van der Waals surface area contributed by atoms with Crippen LogP contribution in [0.2, 0.25) is 0 Å². The lowest BCUT2D eigenvalue weighted by molar-refractivity contribution is 0.0335. The summed E-state index contributed by atoms with van der Waals surface area (Å²) in [6.45, 7) is 15.6. The van der Waals surface area contributed by atoms with Crippen LogP contribution in [0.4, 0.5) is 5.69 Å². The van der Waals surface area contributed by atoms with Crippen molar-refractivity contribution in [2.45, 2.75) is 52.0 Å². The van der Waals surface area contributed by atoms with Gasteiger partial charge in [-0.05, 0) is 55.4 Å². The molecule has 7 nitrogen and oxygen atoms in total. The van der Waals surface area contributed by atoms with Crippen LogP contribution in [0.25, 0.3) is 0 Å². The van der Waals surface area contributed by atoms with Crippen LogP contribution in [0.5, 0.6) is 0 Å². The summed E-state index contributed by atoms with van der Waals surface area (Å²) in [7, 11) is 0. The Labute approximate surface area is 240 Å². The molecule has 0 spiro atoms. The summed E-state index contributed by atoms with van der Waals surface area (Å²) < 4.78 is 5.59. The monoisotopic (exact) mass is 542 g/mol. The van der Waals surface area contributed by atoms with E-state index >= 15 is 0 Å². The minimum absolute atomic E-state index is 0.171. The van der Waals surface area contributed by atoms with E-state index < -0.39 is 0 Å². The minimum atomic E-state index is 0.171. The summed E-state index contributed by atoms with van der Waals surface area (Å²) in [6.07, 6.45) is 7.72. The number of unbranched alkanes of at least 4 members (excludes halogenated alkanes) is 1. The highest BCUT2D eigenvalue weighted by Gasteiger charge is 2.42. The number of nitrogens with one attached hydrogen (secondary N) is 1. The Bertz CT molecular complexity index is 1190. The maximum absolute atomic E-state index is 9.65. The molecule has 214 valence electrons. The number of likely N-dealkylation sites (tertiary alicyclic amines) is 2. The second-order valence-corrected chi connectivity index (χ2v) is 12.0. The topological polar surface area (TPSA) is 67.9 Å². The van der Waals surface area contributed by atoms with Crippen molar-refractivity contribution in [3.63, 3.8) is 0 Å². The number of piperidine rings is 2. The number of rotatable bonds is 8. The largest absolute Gasteiger partial charge is 0.379 e. The fraction of sp³-hybridized carbons (Fsp3) is 0.606. The Morgan fingerprint density at radius 1 is 1.02 bits per heavy atom. The van der Waals surface area contributed by atoms with Gasteiger partial charge >= 0.3 is 0 Å². The molecule has 6 rings (SSSR count). The van der Waals surface area contributed by atoms with Gasteiger partial charge in [0.25, 0.3) is 0 Å². The van der Waals surface area contributed by atoms with Crippen molar-refractivity contribution in [2.24, 2.45) is 5.92 Å². The number of benzene rings is 1. The van der Waals surface area contributed by atoms with E-state index in [1.165, 1.54) is 33.9 Å². The zero-order valence-electron chi connectivity index (χ0n) is 24.5. The van der Waals surface area contributed by atoms with Gasteiger partial charge in [-0.25, -0.2) is 0 Å². The van der Waals surface area contributed by atoms with E-state index in [0.29, 0.717) is 6.04 Å². The van der Waals surface area contributed by atoms with Crippen LogP contribution in [0, 0.1) is 24.2 Å². The van der Waals surface area contributed by atoms with E-state index in [1.807, 2.05) is 0 Å². The van der Waals surface area contributed by atoms with Gasteiger partial charge in [0.1, 0.15) is 5.82 Å². The molecule has 1 unspecified atom stereocenters. The number of allylic oxidation sites excluding steroid dienone is 1. The summed E-state index contributed by atoms with van der Waals surface area (Å²) >= 11 is 0. The number of morpholine rings is 1. The highest BCUT2D eigenvalue weighted by atomic mass is 16.5. The fourth-order valence-corrected chi connectivity index (χ4v) is 6.89. The zero-order chi connectivity index (χ0) is 27.5. The summed E-state index contributed by atoms with van der Waals surface area (Å²) in [5, 5.41) is 13.3. The predicted octanol–water partition coefficient (Wildman–Crippen LogP) is 4.25. The molecule has 5 heterocycles. The number of fused-ring (bicyclic) bond motifs is 1. The highest BCUT2D eigenvalue weighted by Crippen LogP contribution is 2.46. The SMILES string of the molecule is CCC/C=C1\C(C2CN2)=C2CCN(CCN3CCOCC3)CC2=C(N2CCC(C#N)CC2)N1c1ccccc1C. The number of hydrogen-bond donors (Lipinski definition) is 1. The maximum atomic E-state index is 9.65. The molecule has 0 aromatic heterocycles. The molecule has 0 radical (unpaired) electrons. The number of aryl methyl sites for hydroxylation is 1. The Balaban J connectivity index is 1.43. The average Bonchev–Trinajstić information content (AvgIpc) is 3.84. The molecule has 5 aliphatic rings. The van der Waals surface area contributed by atoms with E-state index in [4.69, 9.17) is 4.74 Å². The average molecular weight is 543 g/mol. The molecule has 40 heavy (non-hydrogen) atoms. The lowest BCUT2D eigenvalue weighted by atomic mass is 9.84. The summed E-state index contributed by atoms with van der Waals surface area (Å²) in [4.78, 5) is 10.5. The van der Waals surface area contributed by atoms with Gasteiger partial charge in [-0.2, -0.15) is 5.26 Å². The van der Waals surface area contributed by atoms with Crippen molar-refractivity contribution < 1.29 is 4.74 Å². The Hall–Kier alpha value is -2.63. The van der Waals surface area contributed by atoms with Gasteiger partial charge < -0.3 is 15.0 Å². The predicted molar refractivity (Wildman–Crippen MR) is 161 cm³/mol. The van der Waals surface area contributed by atoms with Crippen molar-refractivity contribution >= 4 is 5.69 Å². The van der Waals surface area contributed by atoms with Gasteiger partial charge in [-0.3, -0.25) is 14.7 Å². The molecule has 0 amide bonds. The number of nitrogens with zero attached hydrogens (tertiary/aromatic N) is 5. The van der Waals surface area contributed by atoms with Crippen molar-refractivity contribution in [1.29, 1.82) is 5.26 Å². The van der Waals surface area contributed by atoms with E-state index in [0.717, 1.165) is 104 Å². The van der Waals surface area contributed by atoms with E-state index in [1.54, 1.807) is 5.57 Å². The summed E-state index contributed by atoms with van der Waals surface area (Å²) in [5.41, 5.74) is 8.63. The molecule has 1 atom stereocenters. The Morgan fingerprint density at radius 3 is 2.48 bits per heavy atom. The fourth-order valence-electron chi connectivity index (χ4n) is 6.89. The van der Waals surface area contributed by atoms with Crippen LogP contribution >= 0.6 is 0 Å². The zero-order valence-corrected chi connectivity index (χ0v) is 24.5. The van der Waals surface area contributed by atoms with Crippen LogP contribution in [0.15, 0.2) is 58.6 Å². The van der Waals surface area contributed by atoms with Gasteiger partial charge in [0.05, 0.1) is 25.0 Å². The van der Waals surface area contributed by atoms with Gasteiger partial charge in [0, 0.05) is 82.1 Å². The summed E-state index contributed by atoms with van der Waals surface area (Å²) in [6, 6.07) is 11.9. The quantitative estimate of drug-likeness (QED) is 0.493.